The second kappa shape index (κ2) is 5.48. The van der Waals surface area contributed by atoms with Crippen molar-refractivity contribution in [1.82, 2.24) is 9.97 Å². The van der Waals surface area contributed by atoms with Crippen LogP contribution < -0.4 is 9.64 Å². The van der Waals surface area contributed by atoms with Crippen molar-refractivity contribution < 1.29 is 9.13 Å². The molecule has 0 spiro atoms. The fourth-order valence-corrected chi connectivity index (χ4v) is 2.99. The van der Waals surface area contributed by atoms with Crippen molar-refractivity contribution in [2.45, 2.75) is 25.9 Å². The van der Waals surface area contributed by atoms with Crippen LogP contribution in [0.5, 0.6) is 5.75 Å². The molecule has 0 radical (unpaired) electrons. The van der Waals surface area contributed by atoms with Gasteiger partial charge in [0.05, 0.1) is 13.2 Å². The predicted octanol–water partition coefficient (Wildman–Crippen LogP) is 3.75. The number of hydrogen-bond donors (Lipinski definition) is 0. The van der Waals surface area contributed by atoms with Crippen LogP contribution in [0.15, 0.2) is 24.4 Å². The quantitative estimate of drug-likeness (QED) is 0.810. The number of benzene rings is 1. The van der Waals surface area contributed by atoms with Crippen LogP contribution in [0, 0.1) is 5.82 Å². The molecule has 1 aliphatic rings. The first-order valence-electron chi connectivity index (χ1n) is 6.75. The maximum absolute atomic E-state index is 13.9. The lowest BCUT2D eigenvalue weighted by Gasteiger charge is -2.25. The number of rotatable bonds is 3. The van der Waals surface area contributed by atoms with Gasteiger partial charge >= 0.3 is 0 Å². The summed E-state index contributed by atoms with van der Waals surface area (Å²) >= 11 is 5.87. The van der Waals surface area contributed by atoms with Crippen molar-refractivity contribution in [2.75, 3.05) is 12.0 Å². The zero-order chi connectivity index (χ0) is 15.0. The third kappa shape index (κ3) is 2.42. The Bertz CT molecular complexity index is 680. The zero-order valence-corrected chi connectivity index (χ0v) is 12.6. The summed E-state index contributed by atoms with van der Waals surface area (Å²) in [6, 6.07) is 5.26. The van der Waals surface area contributed by atoms with Crippen molar-refractivity contribution in [3.8, 4) is 5.75 Å². The molecular weight excluding hydrogens is 293 g/mol. The SMILES string of the molecule is CCC1c2cc(OC)c(F)cc2CN1c1ccnc(Cl)n1. The first-order valence-corrected chi connectivity index (χ1v) is 7.13. The van der Waals surface area contributed by atoms with Gasteiger partial charge in [-0.3, -0.25) is 0 Å². The molecule has 2 aromatic rings. The largest absolute Gasteiger partial charge is 0.494 e. The van der Waals surface area contributed by atoms with Gasteiger partial charge in [0.1, 0.15) is 5.82 Å². The van der Waals surface area contributed by atoms with Crippen molar-refractivity contribution in [3.05, 3.63) is 46.6 Å². The van der Waals surface area contributed by atoms with E-state index >= 15 is 0 Å². The van der Waals surface area contributed by atoms with Crippen LogP contribution in [-0.2, 0) is 6.54 Å². The first-order chi connectivity index (χ1) is 10.1. The fourth-order valence-electron chi connectivity index (χ4n) is 2.84. The molecule has 1 aromatic heterocycles. The molecule has 0 saturated carbocycles. The Hall–Kier alpha value is -1.88. The fraction of sp³-hybridized carbons (Fsp3) is 0.333. The molecule has 0 aliphatic carbocycles. The number of methoxy groups -OCH3 is 1. The third-order valence-corrected chi connectivity index (χ3v) is 3.96. The maximum atomic E-state index is 13.9. The molecule has 1 atom stereocenters. The smallest absolute Gasteiger partial charge is 0.224 e. The monoisotopic (exact) mass is 307 g/mol. The highest BCUT2D eigenvalue weighted by Gasteiger charge is 2.31. The molecule has 2 heterocycles. The topological polar surface area (TPSA) is 38.2 Å². The molecule has 1 aromatic carbocycles. The van der Waals surface area contributed by atoms with Gasteiger partial charge < -0.3 is 9.64 Å². The summed E-state index contributed by atoms with van der Waals surface area (Å²) in [7, 11) is 1.47. The minimum Gasteiger partial charge on any atom is -0.494 e. The van der Waals surface area contributed by atoms with Crippen LogP contribution in [0.1, 0.15) is 30.5 Å². The lowest BCUT2D eigenvalue weighted by Crippen LogP contribution is -2.22. The standard InChI is InChI=1S/C15H15ClFN3O/c1-3-12-10-7-13(21-2)11(17)6-9(10)8-20(12)14-4-5-18-15(16)19-14/h4-7,12H,3,8H2,1-2H3. The average Bonchev–Trinajstić information content (AvgIpc) is 2.83. The molecule has 3 rings (SSSR count). The van der Waals surface area contributed by atoms with E-state index in [1.54, 1.807) is 18.3 Å². The molecule has 0 bridgehead atoms. The number of anilines is 1. The zero-order valence-electron chi connectivity index (χ0n) is 11.8. The van der Waals surface area contributed by atoms with Crippen LogP contribution in [0.25, 0.3) is 0 Å². The lowest BCUT2D eigenvalue weighted by molar-refractivity contribution is 0.385. The van der Waals surface area contributed by atoms with Crippen LogP contribution in [-0.4, -0.2) is 17.1 Å². The van der Waals surface area contributed by atoms with E-state index in [0.29, 0.717) is 6.54 Å². The molecule has 1 aliphatic heterocycles. The van der Waals surface area contributed by atoms with E-state index in [1.807, 2.05) is 6.07 Å². The molecule has 0 N–H and O–H groups in total. The Morgan fingerprint density at radius 3 is 2.95 bits per heavy atom. The predicted molar refractivity (Wildman–Crippen MR) is 79.2 cm³/mol. The van der Waals surface area contributed by atoms with Gasteiger partial charge in [-0.05, 0) is 47.3 Å². The summed E-state index contributed by atoms with van der Waals surface area (Å²) in [5.74, 6) is 0.681. The number of halogens is 2. The average molecular weight is 308 g/mol. The van der Waals surface area contributed by atoms with E-state index in [-0.39, 0.29) is 22.9 Å². The Labute approximate surface area is 127 Å². The van der Waals surface area contributed by atoms with Gasteiger partial charge in [0.15, 0.2) is 11.6 Å². The normalized spacial score (nSPS) is 17.0. The molecule has 6 heteroatoms. The Morgan fingerprint density at radius 2 is 2.29 bits per heavy atom. The number of nitrogens with zero attached hydrogens (tertiary/aromatic N) is 3. The van der Waals surface area contributed by atoms with E-state index in [4.69, 9.17) is 16.3 Å². The second-order valence-corrected chi connectivity index (χ2v) is 5.26. The summed E-state index contributed by atoms with van der Waals surface area (Å²) in [5.41, 5.74) is 2.03. The first kappa shape index (κ1) is 14.1. The molecule has 4 nitrogen and oxygen atoms in total. The number of fused-ring (bicyclic) bond motifs is 1. The van der Waals surface area contributed by atoms with Gasteiger partial charge in [-0.15, -0.1) is 0 Å². The molecular formula is C15H15ClFN3O. The summed E-state index contributed by atoms with van der Waals surface area (Å²) < 4.78 is 19.0. The molecule has 1 unspecified atom stereocenters. The highest BCUT2D eigenvalue weighted by molar-refractivity contribution is 6.28. The van der Waals surface area contributed by atoms with Crippen LogP contribution in [0.4, 0.5) is 10.2 Å². The van der Waals surface area contributed by atoms with Gasteiger partial charge in [-0.25, -0.2) is 14.4 Å². The molecule has 21 heavy (non-hydrogen) atoms. The summed E-state index contributed by atoms with van der Waals surface area (Å²) in [6.07, 6.45) is 2.50. The van der Waals surface area contributed by atoms with Gasteiger partial charge in [0.2, 0.25) is 5.28 Å². The van der Waals surface area contributed by atoms with E-state index in [9.17, 15) is 4.39 Å². The number of ether oxygens (including phenoxy) is 1. The van der Waals surface area contributed by atoms with Gasteiger partial charge in [-0.2, -0.15) is 0 Å². The highest BCUT2D eigenvalue weighted by atomic mass is 35.5. The summed E-state index contributed by atoms with van der Waals surface area (Å²) in [5, 5.41) is 0.210. The lowest BCUT2D eigenvalue weighted by atomic mass is 10.0. The summed E-state index contributed by atoms with van der Waals surface area (Å²) in [6.45, 7) is 2.69. The molecule has 110 valence electrons. The number of hydrogen-bond acceptors (Lipinski definition) is 4. The van der Waals surface area contributed by atoms with E-state index in [1.165, 1.54) is 7.11 Å². The second-order valence-electron chi connectivity index (χ2n) is 4.92. The van der Waals surface area contributed by atoms with Crippen molar-refractivity contribution >= 4 is 17.4 Å². The van der Waals surface area contributed by atoms with Gasteiger partial charge in [0, 0.05) is 12.7 Å². The van der Waals surface area contributed by atoms with Crippen molar-refractivity contribution in [2.24, 2.45) is 0 Å². The van der Waals surface area contributed by atoms with Crippen LogP contribution >= 0.6 is 11.6 Å². The van der Waals surface area contributed by atoms with E-state index < -0.39 is 0 Å². The minimum atomic E-state index is -0.339. The van der Waals surface area contributed by atoms with Crippen LogP contribution in [0.2, 0.25) is 5.28 Å². The maximum Gasteiger partial charge on any atom is 0.224 e. The molecule has 0 fully saturated rings. The van der Waals surface area contributed by atoms with Crippen molar-refractivity contribution in [1.29, 1.82) is 0 Å². The Balaban J connectivity index is 2.03. The molecule has 0 saturated heterocycles. The summed E-state index contributed by atoms with van der Waals surface area (Å²) in [4.78, 5) is 10.3. The third-order valence-electron chi connectivity index (χ3n) is 3.78. The van der Waals surface area contributed by atoms with Crippen molar-refractivity contribution in [3.63, 3.8) is 0 Å². The minimum absolute atomic E-state index is 0.125. The van der Waals surface area contributed by atoms with E-state index in [0.717, 1.165) is 23.4 Å². The number of aromatic nitrogens is 2. The Morgan fingerprint density at radius 1 is 1.48 bits per heavy atom. The van der Waals surface area contributed by atoms with E-state index in [2.05, 4.69) is 21.8 Å². The van der Waals surface area contributed by atoms with Crippen LogP contribution in [0.3, 0.4) is 0 Å². The van der Waals surface area contributed by atoms with Gasteiger partial charge in [-0.1, -0.05) is 6.92 Å². The molecule has 0 amide bonds. The highest BCUT2D eigenvalue weighted by Crippen LogP contribution is 2.41. The van der Waals surface area contributed by atoms with Gasteiger partial charge in [0.25, 0.3) is 0 Å². The Kier molecular flexibility index (Phi) is 3.68.